The first-order chi connectivity index (χ1) is 11.1. The summed E-state index contributed by atoms with van der Waals surface area (Å²) in [5, 5.41) is 1.90. The van der Waals surface area contributed by atoms with Gasteiger partial charge in [-0.3, -0.25) is 14.5 Å². The number of likely N-dealkylation sites (tertiary alicyclic amines) is 1. The second-order valence-corrected chi connectivity index (χ2v) is 6.45. The SMILES string of the molecule is C=CC[C@]1(C)CCCN(C(=O)c2cccc3ccccc23)C1=O. The molecule has 23 heavy (non-hydrogen) atoms. The standard InChI is InChI=1S/C20H21NO2/c1-3-12-20(2)13-7-14-21(19(20)23)18(22)17-11-6-9-15-8-4-5-10-16(15)17/h3-6,8-11H,1,7,12-14H2,2H3/t20-/m1/s1. The summed E-state index contributed by atoms with van der Waals surface area (Å²) in [6, 6.07) is 13.4. The largest absolute Gasteiger partial charge is 0.278 e. The van der Waals surface area contributed by atoms with Crippen LogP contribution in [0.5, 0.6) is 0 Å². The minimum atomic E-state index is -0.514. The Morgan fingerprint density at radius 3 is 2.78 bits per heavy atom. The second kappa shape index (κ2) is 5.99. The van der Waals surface area contributed by atoms with E-state index in [1.54, 1.807) is 12.1 Å². The van der Waals surface area contributed by atoms with E-state index in [4.69, 9.17) is 0 Å². The highest BCUT2D eigenvalue weighted by Gasteiger charge is 2.41. The first-order valence-electron chi connectivity index (χ1n) is 8.02. The molecule has 0 N–H and O–H groups in total. The van der Waals surface area contributed by atoms with Crippen LogP contribution in [0.15, 0.2) is 55.1 Å². The van der Waals surface area contributed by atoms with Crippen molar-refractivity contribution in [2.45, 2.75) is 26.2 Å². The number of carbonyl (C=O) groups excluding carboxylic acids is 2. The van der Waals surface area contributed by atoms with Crippen molar-refractivity contribution in [1.82, 2.24) is 4.90 Å². The molecule has 118 valence electrons. The first kappa shape index (κ1) is 15.5. The highest BCUT2D eigenvalue weighted by molar-refractivity contribution is 6.13. The molecular weight excluding hydrogens is 286 g/mol. The number of fused-ring (bicyclic) bond motifs is 1. The van der Waals surface area contributed by atoms with E-state index in [0.29, 0.717) is 18.5 Å². The second-order valence-electron chi connectivity index (χ2n) is 6.45. The zero-order chi connectivity index (χ0) is 16.4. The van der Waals surface area contributed by atoms with Crippen molar-refractivity contribution < 1.29 is 9.59 Å². The van der Waals surface area contributed by atoms with Gasteiger partial charge in [0, 0.05) is 12.1 Å². The van der Waals surface area contributed by atoms with E-state index >= 15 is 0 Å². The van der Waals surface area contributed by atoms with Gasteiger partial charge in [-0.1, -0.05) is 49.4 Å². The topological polar surface area (TPSA) is 37.4 Å². The van der Waals surface area contributed by atoms with Crippen LogP contribution in [0.4, 0.5) is 0 Å². The number of hydrogen-bond donors (Lipinski definition) is 0. The van der Waals surface area contributed by atoms with Gasteiger partial charge in [-0.2, -0.15) is 0 Å². The maximum atomic E-state index is 13.0. The highest BCUT2D eigenvalue weighted by Crippen LogP contribution is 2.35. The van der Waals surface area contributed by atoms with Crippen molar-refractivity contribution >= 4 is 22.6 Å². The van der Waals surface area contributed by atoms with Gasteiger partial charge in [-0.25, -0.2) is 0 Å². The summed E-state index contributed by atoms with van der Waals surface area (Å²) in [7, 11) is 0. The van der Waals surface area contributed by atoms with Crippen LogP contribution >= 0.6 is 0 Å². The molecule has 2 amide bonds. The molecule has 2 aromatic carbocycles. The number of hydrogen-bond acceptors (Lipinski definition) is 2. The van der Waals surface area contributed by atoms with E-state index < -0.39 is 5.41 Å². The van der Waals surface area contributed by atoms with Crippen molar-refractivity contribution in [2.75, 3.05) is 6.54 Å². The number of allylic oxidation sites excluding steroid dienone is 1. The molecule has 1 fully saturated rings. The van der Waals surface area contributed by atoms with E-state index in [1.165, 1.54) is 4.90 Å². The Balaban J connectivity index is 1.99. The quantitative estimate of drug-likeness (QED) is 0.630. The monoisotopic (exact) mass is 307 g/mol. The van der Waals surface area contributed by atoms with Crippen LogP contribution in [0.1, 0.15) is 36.5 Å². The summed E-state index contributed by atoms with van der Waals surface area (Å²) < 4.78 is 0. The molecular formula is C20H21NO2. The zero-order valence-electron chi connectivity index (χ0n) is 13.4. The van der Waals surface area contributed by atoms with Crippen LogP contribution in [0.2, 0.25) is 0 Å². The van der Waals surface area contributed by atoms with Crippen LogP contribution in [0.25, 0.3) is 10.8 Å². The van der Waals surface area contributed by atoms with E-state index in [9.17, 15) is 9.59 Å². The molecule has 0 unspecified atom stereocenters. The summed E-state index contributed by atoms with van der Waals surface area (Å²) in [6.45, 7) is 6.17. The lowest BCUT2D eigenvalue weighted by Crippen LogP contribution is -2.49. The molecule has 1 heterocycles. The predicted molar refractivity (Wildman–Crippen MR) is 92.1 cm³/mol. The molecule has 0 aliphatic carbocycles. The highest BCUT2D eigenvalue weighted by atomic mass is 16.2. The number of rotatable bonds is 3. The van der Waals surface area contributed by atoms with Gasteiger partial charge in [0.2, 0.25) is 5.91 Å². The van der Waals surface area contributed by atoms with E-state index in [1.807, 2.05) is 43.3 Å². The Hall–Kier alpha value is -2.42. The van der Waals surface area contributed by atoms with Crippen molar-refractivity contribution in [3.63, 3.8) is 0 Å². The van der Waals surface area contributed by atoms with Crippen LogP contribution in [-0.2, 0) is 4.79 Å². The number of carbonyl (C=O) groups is 2. The van der Waals surface area contributed by atoms with Gasteiger partial charge in [0.15, 0.2) is 0 Å². The zero-order valence-corrected chi connectivity index (χ0v) is 13.4. The molecule has 1 saturated heterocycles. The number of imide groups is 1. The summed E-state index contributed by atoms with van der Waals surface area (Å²) in [5.74, 6) is -0.275. The molecule has 2 aromatic rings. The number of amides is 2. The summed E-state index contributed by atoms with van der Waals surface area (Å²) in [6.07, 6.45) is 4.01. The van der Waals surface area contributed by atoms with E-state index in [0.717, 1.165) is 23.6 Å². The predicted octanol–water partition coefficient (Wildman–Crippen LogP) is 4.18. The summed E-state index contributed by atoms with van der Waals surface area (Å²) >= 11 is 0. The molecule has 0 bridgehead atoms. The fraction of sp³-hybridized carbons (Fsp3) is 0.300. The molecule has 3 nitrogen and oxygen atoms in total. The van der Waals surface area contributed by atoms with E-state index in [-0.39, 0.29) is 11.8 Å². The molecule has 0 spiro atoms. The molecule has 0 saturated carbocycles. The maximum absolute atomic E-state index is 13.0. The Bertz CT molecular complexity index is 775. The first-order valence-corrected chi connectivity index (χ1v) is 8.02. The number of nitrogens with zero attached hydrogens (tertiary/aromatic N) is 1. The molecule has 1 atom stereocenters. The average Bonchev–Trinajstić information content (AvgIpc) is 2.57. The van der Waals surface area contributed by atoms with Gasteiger partial charge in [-0.15, -0.1) is 6.58 Å². The van der Waals surface area contributed by atoms with Gasteiger partial charge in [-0.05, 0) is 36.1 Å². The molecule has 3 heteroatoms. The van der Waals surface area contributed by atoms with Crippen LogP contribution < -0.4 is 0 Å². The van der Waals surface area contributed by atoms with Gasteiger partial charge in [0.25, 0.3) is 5.91 Å². The summed E-state index contributed by atoms with van der Waals surface area (Å²) in [4.78, 5) is 27.3. The lowest BCUT2D eigenvalue weighted by atomic mass is 9.78. The number of piperidine rings is 1. The van der Waals surface area contributed by atoms with Crippen molar-refractivity contribution in [1.29, 1.82) is 0 Å². The average molecular weight is 307 g/mol. The van der Waals surface area contributed by atoms with Crippen molar-refractivity contribution in [2.24, 2.45) is 5.41 Å². The molecule has 1 aliphatic rings. The third kappa shape index (κ3) is 2.67. The summed E-state index contributed by atoms with van der Waals surface area (Å²) in [5.41, 5.74) is 0.0829. The Morgan fingerprint density at radius 1 is 1.26 bits per heavy atom. The van der Waals surface area contributed by atoms with Gasteiger partial charge < -0.3 is 0 Å². The minimum Gasteiger partial charge on any atom is -0.278 e. The lowest BCUT2D eigenvalue weighted by Gasteiger charge is -2.38. The molecule has 0 radical (unpaired) electrons. The van der Waals surface area contributed by atoms with Gasteiger partial charge in [0.05, 0.1) is 5.41 Å². The fourth-order valence-corrected chi connectivity index (χ4v) is 3.42. The van der Waals surface area contributed by atoms with Crippen molar-refractivity contribution in [3.05, 3.63) is 60.7 Å². The fourth-order valence-electron chi connectivity index (χ4n) is 3.42. The van der Waals surface area contributed by atoms with E-state index in [2.05, 4.69) is 6.58 Å². The minimum absolute atomic E-state index is 0.0819. The van der Waals surface area contributed by atoms with Crippen LogP contribution in [-0.4, -0.2) is 23.3 Å². The Labute approximate surface area is 136 Å². The van der Waals surface area contributed by atoms with Gasteiger partial charge >= 0.3 is 0 Å². The third-order valence-corrected chi connectivity index (χ3v) is 4.73. The molecule has 3 rings (SSSR count). The smallest absolute Gasteiger partial charge is 0.261 e. The third-order valence-electron chi connectivity index (χ3n) is 4.73. The normalized spacial score (nSPS) is 21.4. The molecule has 1 aliphatic heterocycles. The number of benzene rings is 2. The Kier molecular flexibility index (Phi) is 4.03. The van der Waals surface area contributed by atoms with Gasteiger partial charge in [0.1, 0.15) is 0 Å². The Morgan fingerprint density at radius 2 is 2.00 bits per heavy atom. The maximum Gasteiger partial charge on any atom is 0.261 e. The van der Waals surface area contributed by atoms with Crippen LogP contribution in [0.3, 0.4) is 0 Å². The molecule has 0 aromatic heterocycles. The lowest BCUT2D eigenvalue weighted by molar-refractivity contribution is -0.141. The van der Waals surface area contributed by atoms with Crippen LogP contribution in [0, 0.1) is 5.41 Å². The van der Waals surface area contributed by atoms with Crippen molar-refractivity contribution in [3.8, 4) is 0 Å².